The standard InChI is InChI=1S/C19H27NO4/c1-3-13-5-6-14(15(21)11-13)18(23)20-9-7-19(8-10-20)16(22)12-17(19)24-4-2/h5-6,11,16-17,21-22H,3-4,7-10,12H2,1-2H3/t16-,17-/m1/s1. The number of benzene rings is 1. The van der Waals surface area contributed by atoms with E-state index in [0.717, 1.165) is 24.8 Å². The number of likely N-dealkylation sites (tertiary alicyclic amines) is 1. The molecule has 5 heteroatoms. The molecular weight excluding hydrogens is 306 g/mol. The highest BCUT2D eigenvalue weighted by Crippen LogP contribution is 2.51. The first-order valence-electron chi connectivity index (χ1n) is 8.92. The Labute approximate surface area is 143 Å². The number of phenols is 1. The Kier molecular flexibility index (Phi) is 4.83. The van der Waals surface area contributed by atoms with Crippen LogP contribution in [0.5, 0.6) is 5.75 Å². The molecule has 2 aliphatic rings. The van der Waals surface area contributed by atoms with Gasteiger partial charge < -0.3 is 19.8 Å². The van der Waals surface area contributed by atoms with Crippen molar-refractivity contribution >= 4 is 5.91 Å². The molecule has 1 aromatic rings. The molecule has 0 bridgehead atoms. The van der Waals surface area contributed by atoms with E-state index in [2.05, 4.69) is 0 Å². The molecule has 3 rings (SSSR count). The summed E-state index contributed by atoms with van der Waals surface area (Å²) in [5.41, 5.74) is 1.18. The molecule has 0 radical (unpaired) electrons. The number of aliphatic hydroxyl groups is 1. The highest BCUT2D eigenvalue weighted by molar-refractivity contribution is 5.97. The molecule has 1 spiro atoms. The monoisotopic (exact) mass is 333 g/mol. The van der Waals surface area contributed by atoms with E-state index >= 15 is 0 Å². The predicted molar refractivity (Wildman–Crippen MR) is 91.1 cm³/mol. The highest BCUT2D eigenvalue weighted by atomic mass is 16.5. The van der Waals surface area contributed by atoms with Crippen LogP contribution < -0.4 is 0 Å². The van der Waals surface area contributed by atoms with Gasteiger partial charge in [-0.25, -0.2) is 0 Å². The number of aromatic hydroxyl groups is 1. The van der Waals surface area contributed by atoms with Crippen molar-refractivity contribution in [1.82, 2.24) is 4.90 Å². The average Bonchev–Trinajstić information content (AvgIpc) is 2.61. The van der Waals surface area contributed by atoms with Crippen LogP contribution in [0.1, 0.15) is 49.0 Å². The van der Waals surface area contributed by atoms with E-state index in [0.29, 0.717) is 31.7 Å². The van der Waals surface area contributed by atoms with Crippen molar-refractivity contribution in [3.05, 3.63) is 29.3 Å². The Bertz CT molecular complexity index is 605. The van der Waals surface area contributed by atoms with Crippen molar-refractivity contribution in [3.8, 4) is 5.75 Å². The van der Waals surface area contributed by atoms with Crippen LogP contribution in [-0.2, 0) is 11.2 Å². The third-order valence-electron chi connectivity index (χ3n) is 5.79. The largest absolute Gasteiger partial charge is 0.507 e. The molecule has 132 valence electrons. The van der Waals surface area contributed by atoms with Gasteiger partial charge in [0.05, 0.1) is 17.8 Å². The first-order valence-corrected chi connectivity index (χ1v) is 8.92. The number of aryl methyl sites for hydroxylation is 1. The molecule has 2 atom stereocenters. The summed E-state index contributed by atoms with van der Waals surface area (Å²) in [6.07, 6.45) is 2.79. The highest BCUT2D eigenvalue weighted by Gasteiger charge is 2.56. The quantitative estimate of drug-likeness (QED) is 0.887. The molecule has 24 heavy (non-hydrogen) atoms. The summed E-state index contributed by atoms with van der Waals surface area (Å²) in [4.78, 5) is 14.5. The lowest BCUT2D eigenvalue weighted by Crippen LogP contribution is -2.62. The van der Waals surface area contributed by atoms with Gasteiger partial charge in [0.1, 0.15) is 5.75 Å². The van der Waals surface area contributed by atoms with E-state index in [9.17, 15) is 15.0 Å². The maximum absolute atomic E-state index is 12.7. The van der Waals surface area contributed by atoms with Crippen molar-refractivity contribution in [2.75, 3.05) is 19.7 Å². The molecule has 1 aliphatic carbocycles. The predicted octanol–water partition coefficient (Wildman–Crippen LogP) is 2.35. The van der Waals surface area contributed by atoms with Gasteiger partial charge in [-0.1, -0.05) is 13.0 Å². The number of nitrogens with zero attached hydrogens (tertiary/aromatic N) is 1. The summed E-state index contributed by atoms with van der Waals surface area (Å²) >= 11 is 0. The van der Waals surface area contributed by atoms with Crippen LogP contribution in [0.2, 0.25) is 0 Å². The number of rotatable bonds is 4. The summed E-state index contributed by atoms with van der Waals surface area (Å²) in [7, 11) is 0. The number of carbonyl (C=O) groups is 1. The molecule has 1 heterocycles. The Hall–Kier alpha value is -1.59. The van der Waals surface area contributed by atoms with Crippen LogP contribution >= 0.6 is 0 Å². The maximum Gasteiger partial charge on any atom is 0.257 e. The zero-order valence-corrected chi connectivity index (χ0v) is 14.5. The molecule has 1 aliphatic heterocycles. The van der Waals surface area contributed by atoms with E-state index in [4.69, 9.17) is 4.74 Å². The summed E-state index contributed by atoms with van der Waals surface area (Å²) in [6.45, 7) is 5.82. The minimum atomic E-state index is -0.330. The van der Waals surface area contributed by atoms with Crippen molar-refractivity contribution in [2.24, 2.45) is 5.41 Å². The molecule has 1 saturated carbocycles. The van der Waals surface area contributed by atoms with Gasteiger partial charge in [0.2, 0.25) is 0 Å². The van der Waals surface area contributed by atoms with Crippen LogP contribution in [0.25, 0.3) is 0 Å². The van der Waals surface area contributed by atoms with Crippen molar-refractivity contribution in [1.29, 1.82) is 0 Å². The number of piperidine rings is 1. The summed E-state index contributed by atoms with van der Waals surface area (Å²) < 4.78 is 5.76. The number of ether oxygens (including phenoxy) is 1. The van der Waals surface area contributed by atoms with E-state index in [1.165, 1.54) is 0 Å². The van der Waals surface area contributed by atoms with Crippen molar-refractivity contribution in [2.45, 2.75) is 51.7 Å². The minimum absolute atomic E-state index is 0.0514. The summed E-state index contributed by atoms with van der Waals surface area (Å²) in [6, 6.07) is 5.26. The van der Waals surface area contributed by atoms with Crippen molar-refractivity contribution < 1.29 is 19.7 Å². The van der Waals surface area contributed by atoms with Crippen LogP contribution in [0, 0.1) is 5.41 Å². The lowest BCUT2D eigenvalue weighted by atomic mass is 9.58. The number of aliphatic hydroxyl groups excluding tert-OH is 1. The second-order valence-corrected chi connectivity index (χ2v) is 6.93. The lowest BCUT2D eigenvalue weighted by molar-refractivity contribution is -0.207. The van der Waals surface area contributed by atoms with Crippen LogP contribution in [0.15, 0.2) is 18.2 Å². The van der Waals surface area contributed by atoms with Gasteiger partial charge in [-0.3, -0.25) is 4.79 Å². The zero-order valence-electron chi connectivity index (χ0n) is 14.5. The molecule has 1 saturated heterocycles. The Morgan fingerprint density at radius 1 is 1.33 bits per heavy atom. The number of carbonyl (C=O) groups excluding carboxylic acids is 1. The van der Waals surface area contributed by atoms with Gasteiger partial charge in [-0.2, -0.15) is 0 Å². The van der Waals surface area contributed by atoms with E-state index in [-0.39, 0.29) is 29.3 Å². The molecule has 1 amide bonds. The molecular formula is C19H27NO4. The molecule has 1 aromatic carbocycles. The normalized spacial score (nSPS) is 25.5. The maximum atomic E-state index is 12.7. The fourth-order valence-electron chi connectivity index (χ4n) is 4.09. The lowest BCUT2D eigenvalue weighted by Gasteiger charge is -2.56. The number of hydrogen-bond acceptors (Lipinski definition) is 4. The average molecular weight is 333 g/mol. The van der Waals surface area contributed by atoms with Gasteiger partial charge >= 0.3 is 0 Å². The molecule has 0 aromatic heterocycles. The number of hydrogen-bond donors (Lipinski definition) is 2. The van der Waals surface area contributed by atoms with E-state index in [1.54, 1.807) is 17.0 Å². The SMILES string of the molecule is CCO[C@@H]1C[C@@H](O)C12CCN(C(=O)c1ccc(CC)cc1O)CC2. The minimum Gasteiger partial charge on any atom is -0.507 e. The van der Waals surface area contributed by atoms with Crippen molar-refractivity contribution in [3.63, 3.8) is 0 Å². The molecule has 2 N–H and O–H groups in total. The number of phenolic OH excluding ortho intramolecular Hbond substituents is 1. The van der Waals surface area contributed by atoms with E-state index in [1.807, 2.05) is 19.9 Å². The second kappa shape index (κ2) is 6.73. The third-order valence-corrected chi connectivity index (χ3v) is 5.79. The molecule has 5 nitrogen and oxygen atoms in total. The van der Waals surface area contributed by atoms with Gasteiger partial charge in [0.25, 0.3) is 5.91 Å². The van der Waals surface area contributed by atoms with Gasteiger partial charge in [0.15, 0.2) is 0 Å². The van der Waals surface area contributed by atoms with Crippen LogP contribution in [0.3, 0.4) is 0 Å². The second-order valence-electron chi connectivity index (χ2n) is 6.93. The van der Waals surface area contributed by atoms with Crippen LogP contribution in [-0.4, -0.2) is 52.9 Å². The fraction of sp³-hybridized carbons (Fsp3) is 0.632. The zero-order chi connectivity index (χ0) is 17.3. The Morgan fingerprint density at radius 2 is 2.04 bits per heavy atom. The summed E-state index contributed by atoms with van der Waals surface area (Å²) in [5.74, 6) is -0.0812. The fourth-order valence-corrected chi connectivity index (χ4v) is 4.09. The smallest absolute Gasteiger partial charge is 0.257 e. The van der Waals surface area contributed by atoms with Gasteiger partial charge in [0, 0.05) is 31.5 Å². The van der Waals surface area contributed by atoms with E-state index < -0.39 is 0 Å². The Morgan fingerprint density at radius 3 is 2.58 bits per heavy atom. The molecule has 2 fully saturated rings. The summed E-state index contributed by atoms with van der Waals surface area (Å²) in [5, 5.41) is 20.4. The first kappa shape index (κ1) is 17.2. The van der Waals surface area contributed by atoms with Gasteiger partial charge in [-0.05, 0) is 43.9 Å². The van der Waals surface area contributed by atoms with Crippen LogP contribution in [0.4, 0.5) is 0 Å². The molecule has 0 unspecified atom stereocenters. The first-order chi connectivity index (χ1) is 11.5. The Balaban J connectivity index is 1.67. The number of amides is 1. The van der Waals surface area contributed by atoms with Gasteiger partial charge in [-0.15, -0.1) is 0 Å². The third kappa shape index (κ3) is 2.80. The topological polar surface area (TPSA) is 70.0 Å².